The smallest absolute Gasteiger partial charge is 0.0220 e. The van der Waals surface area contributed by atoms with Crippen LogP contribution in [0.2, 0.25) is 0 Å². The largest absolute Gasteiger partial charge is 0.304 e. The first-order chi connectivity index (χ1) is 5.27. The molecule has 1 aliphatic rings. The molecular weight excluding hydrogens is 136 g/mol. The number of piperazine rings is 1. The molecule has 2 heteroatoms. The molecule has 0 aromatic heterocycles. The highest BCUT2D eigenvalue weighted by Crippen LogP contribution is 2.10. The molecule has 0 aromatic rings. The van der Waals surface area contributed by atoms with Crippen LogP contribution in [0.1, 0.15) is 20.3 Å². The van der Waals surface area contributed by atoms with E-state index in [1.807, 2.05) is 0 Å². The maximum Gasteiger partial charge on any atom is 0.0220 e. The minimum absolute atomic E-state index is 0.804. The molecule has 66 valence electrons. The lowest BCUT2D eigenvalue weighted by Gasteiger charge is -2.39. The fourth-order valence-corrected chi connectivity index (χ4v) is 1.85. The van der Waals surface area contributed by atoms with Crippen molar-refractivity contribution in [3.8, 4) is 0 Å². The summed E-state index contributed by atoms with van der Waals surface area (Å²) in [6.45, 7) is 9.51. The summed E-state index contributed by atoms with van der Waals surface area (Å²) in [5.74, 6) is 0. The number of likely N-dealkylation sites (N-methyl/N-ethyl adjacent to an activating group) is 2. The standard InChI is InChI=1S/C9H20N2/c1-4-9-8-10(3)6-7-11(9)5-2/h9H,4-8H2,1-3H3. The van der Waals surface area contributed by atoms with Gasteiger partial charge in [-0.25, -0.2) is 0 Å². The van der Waals surface area contributed by atoms with E-state index in [2.05, 4.69) is 30.7 Å². The van der Waals surface area contributed by atoms with Crippen LogP contribution in [-0.2, 0) is 0 Å². The van der Waals surface area contributed by atoms with Gasteiger partial charge in [-0.3, -0.25) is 4.90 Å². The predicted octanol–water partition coefficient (Wildman–Crippen LogP) is 1.03. The molecule has 0 radical (unpaired) electrons. The summed E-state index contributed by atoms with van der Waals surface area (Å²) in [5, 5.41) is 0. The van der Waals surface area contributed by atoms with Crippen LogP contribution < -0.4 is 0 Å². The Kier molecular flexibility index (Phi) is 3.34. The first-order valence-electron chi connectivity index (χ1n) is 4.70. The third kappa shape index (κ3) is 2.17. The van der Waals surface area contributed by atoms with E-state index in [1.54, 1.807) is 0 Å². The Morgan fingerprint density at radius 1 is 1.27 bits per heavy atom. The van der Waals surface area contributed by atoms with Crippen LogP contribution in [0.3, 0.4) is 0 Å². The first kappa shape index (κ1) is 9.01. The maximum atomic E-state index is 2.58. The van der Waals surface area contributed by atoms with Crippen LogP contribution in [0.25, 0.3) is 0 Å². The summed E-state index contributed by atoms with van der Waals surface area (Å²) >= 11 is 0. The van der Waals surface area contributed by atoms with Crippen molar-refractivity contribution in [1.82, 2.24) is 9.80 Å². The van der Waals surface area contributed by atoms with Gasteiger partial charge in [0.05, 0.1) is 0 Å². The summed E-state index contributed by atoms with van der Waals surface area (Å²) < 4.78 is 0. The third-order valence-electron chi connectivity index (χ3n) is 2.69. The van der Waals surface area contributed by atoms with Crippen LogP contribution >= 0.6 is 0 Å². The lowest BCUT2D eigenvalue weighted by molar-refractivity contribution is 0.0927. The van der Waals surface area contributed by atoms with Gasteiger partial charge in [-0.2, -0.15) is 0 Å². The van der Waals surface area contributed by atoms with Crippen molar-refractivity contribution in [2.75, 3.05) is 33.2 Å². The molecule has 1 atom stereocenters. The van der Waals surface area contributed by atoms with Gasteiger partial charge in [0.1, 0.15) is 0 Å². The monoisotopic (exact) mass is 156 g/mol. The SMILES string of the molecule is CCC1CN(C)CCN1CC. The summed E-state index contributed by atoms with van der Waals surface area (Å²) in [5.41, 5.74) is 0. The maximum absolute atomic E-state index is 2.58. The van der Waals surface area contributed by atoms with E-state index in [0.29, 0.717) is 0 Å². The van der Waals surface area contributed by atoms with Crippen molar-refractivity contribution in [3.05, 3.63) is 0 Å². The van der Waals surface area contributed by atoms with Gasteiger partial charge in [-0.1, -0.05) is 13.8 Å². The van der Waals surface area contributed by atoms with E-state index in [1.165, 1.54) is 32.6 Å². The van der Waals surface area contributed by atoms with Gasteiger partial charge < -0.3 is 4.90 Å². The van der Waals surface area contributed by atoms with Gasteiger partial charge in [-0.05, 0) is 20.0 Å². The molecule has 1 saturated heterocycles. The van der Waals surface area contributed by atoms with Gasteiger partial charge in [0.2, 0.25) is 0 Å². The summed E-state index contributed by atoms with van der Waals surface area (Å²) in [7, 11) is 2.22. The average molecular weight is 156 g/mol. The zero-order chi connectivity index (χ0) is 8.27. The van der Waals surface area contributed by atoms with Gasteiger partial charge in [-0.15, -0.1) is 0 Å². The van der Waals surface area contributed by atoms with E-state index in [9.17, 15) is 0 Å². The molecular formula is C9H20N2. The molecule has 0 aliphatic carbocycles. The second kappa shape index (κ2) is 4.07. The van der Waals surface area contributed by atoms with Crippen molar-refractivity contribution in [2.45, 2.75) is 26.3 Å². The summed E-state index contributed by atoms with van der Waals surface area (Å²) in [4.78, 5) is 5.01. The Balaban J connectivity index is 2.41. The zero-order valence-electron chi connectivity index (χ0n) is 8.01. The van der Waals surface area contributed by atoms with Gasteiger partial charge >= 0.3 is 0 Å². The highest BCUT2D eigenvalue weighted by atomic mass is 15.3. The zero-order valence-corrected chi connectivity index (χ0v) is 8.01. The Morgan fingerprint density at radius 2 is 2.00 bits per heavy atom. The Bertz CT molecular complexity index is 114. The first-order valence-corrected chi connectivity index (χ1v) is 4.70. The highest BCUT2D eigenvalue weighted by molar-refractivity contribution is 4.78. The normalized spacial score (nSPS) is 29.2. The van der Waals surface area contributed by atoms with Crippen molar-refractivity contribution in [3.63, 3.8) is 0 Å². The highest BCUT2D eigenvalue weighted by Gasteiger charge is 2.21. The Hall–Kier alpha value is -0.0800. The molecule has 1 heterocycles. The van der Waals surface area contributed by atoms with Crippen LogP contribution in [-0.4, -0.2) is 49.1 Å². The van der Waals surface area contributed by atoms with Crippen LogP contribution in [0.15, 0.2) is 0 Å². The van der Waals surface area contributed by atoms with E-state index < -0.39 is 0 Å². The molecule has 11 heavy (non-hydrogen) atoms. The molecule has 2 nitrogen and oxygen atoms in total. The Labute approximate surface area is 70.2 Å². The molecule has 0 spiro atoms. The molecule has 0 bridgehead atoms. The fourth-order valence-electron chi connectivity index (χ4n) is 1.85. The molecule has 1 unspecified atom stereocenters. The second-order valence-corrected chi connectivity index (χ2v) is 3.45. The van der Waals surface area contributed by atoms with E-state index in [-0.39, 0.29) is 0 Å². The van der Waals surface area contributed by atoms with Crippen LogP contribution in [0, 0.1) is 0 Å². The molecule has 0 N–H and O–H groups in total. The lowest BCUT2D eigenvalue weighted by Crippen LogP contribution is -2.51. The molecule has 0 aromatic carbocycles. The molecule has 1 aliphatic heterocycles. The van der Waals surface area contributed by atoms with Gasteiger partial charge in [0.15, 0.2) is 0 Å². The molecule has 1 fully saturated rings. The number of hydrogen-bond donors (Lipinski definition) is 0. The van der Waals surface area contributed by atoms with Crippen molar-refractivity contribution < 1.29 is 0 Å². The quantitative estimate of drug-likeness (QED) is 0.589. The molecule has 0 saturated carbocycles. The predicted molar refractivity (Wildman–Crippen MR) is 48.8 cm³/mol. The number of rotatable bonds is 2. The number of nitrogens with zero attached hydrogens (tertiary/aromatic N) is 2. The van der Waals surface area contributed by atoms with Crippen molar-refractivity contribution in [1.29, 1.82) is 0 Å². The van der Waals surface area contributed by atoms with Crippen LogP contribution in [0.5, 0.6) is 0 Å². The van der Waals surface area contributed by atoms with Crippen molar-refractivity contribution in [2.24, 2.45) is 0 Å². The fraction of sp³-hybridized carbons (Fsp3) is 1.00. The summed E-state index contributed by atoms with van der Waals surface area (Å²) in [6, 6.07) is 0.804. The van der Waals surface area contributed by atoms with E-state index in [4.69, 9.17) is 0 Å². The topological polar surface area (TPSA) is 6.48 Å². The minimum atomic E-state index is 0.804. The molecule has 0 amide bonds. The van der Waals surface area contributed by atoms with Gasteiger partial charge in [0.25, 0.3) is 0 Å². The van der Waals surface area contributed by atoms with E-state index in [0.717, 1.165) is 6.04 Å². The van der Waals surface area contributed by atoms with E-state index >= 15 is 0 Å². The third-order valence-corrected chi connectivity index (χ3v) is 2.69. The van der Waals surface area contributed by atoms with Crippen molar-refractivity contribution >= 4 is 0 Å². The average Bonchev–Trinajstić information content (AvgIpc) is 2.04. The summed E-state index contributed by atoms with van der Waals surface area (Å²) in [6.07, 6.45) is 1.29. The van der Waals surface area contributed by atoms with Gasteiger partial charge in [0, 0.05) is 25.7 Å². The number of hydrogen-bond acceptors (Lipinski definition) is 2. The molecule has 1 rings (SSSR count). The second-order valence-electron chi connectivity index (χ2n) is 3.45. The lowest BCUT2D eigenvalue weighted by atomic mass is 10.1. The van der Waals surface area contributed by atoms with Crippen LogP contribution in [0.4, 0.5) is 0 Å². The Morgan fingerprint density at radius 3 is 2.55 bits per heavy atom. The minimum Gasteiger partial charge on any atom is -0.304 e.